The van der Waals surface area contributed by atoms with Crippen LogP contribution in [0.25, 0.3) is 0 Å². The molecule has 0 heterocycles. The molecule has 6 heteroatoms. The second-order valence-electron chi connectivity index (χ2n) is 4.07. The smallest absolute Gasteiger partial charge is 0.339 e. The van der Waals surface area contributed by atoms with Gasteiger partial charge in [-0.15, -0.1) is 0 Å². The molecular weight excluding hydrogens is 272 g/mol. The Morgan fingerprint density at radius 3 is 2.67 bits per heavy atom. The van der Waals surface area contributed by atoms with Gasteiger partial charge in [0.2, 0.25) is 0 Å². The number of carbonyl (C=O) groups is 2. The maximum atomic E-state index is 11.6. The van der Waals surface area contributed by atoms with Crippen molar-refractivity contribution in [3.8, 4) is 17.6 Å². The SMILES string of the molecule is COC(=O)c1ccc(OC(=O)CCCN)cc1C#CCN. The molecule has 0 aliphatic heterocycles. The van der Waals surface area contributed by atoms with E-state index in [-0.39, 0.29) is 18.9 Å². The number of carbonyl (C=O) groups excluding carboxylic acids is 2. The average molecular weight is 290 g/mol. The summed E-state index contributed by atoms with van der Waals surface area (Å²) in [5.74, 6) is 4.82. The summed E-state index contributed by atoms with van der Waals surface area (Å²) in [5, 5.41) is 0. The summed E-state index contributed by atoms with van der Waals surface area (Å²) in [4.78, 5) is 23.2. The van der Waals surface area contributed by atoms with E-state index in [1.54, 1.807) is 0 Å². The number of hydrogen-bond donors (Lipinski definition) is 2. The van der Waals surface area contributed by atoms with Crippen LogP contribution in [0, 0.1) is 11.8 Å². The molecule has 0 fully saturated rings. The van der Waals surface area contributed by atoms with Crippen molar-refractivity contribution in [1.82, 2.24) is 0 Å². The minimum atomic E-state index is -0.516. The lowest BCUT2D eigenvalue weighted by atomic mass is 10.1. The fourth-order valence-corrected chi connectivity index (χ4v) is 1.55. The lowest BCUT2D eigenvalue weighted by molar-refractivity contribution is -0.134. The lowest BCUT2D eigenvalue weighted by Crippen LogP contribution is -2.11. The first kappa shape index (κ1) is 16.7. The molecule has 0 aromatic heterocycles. The van der Waals surface area contributed by atoms with Gasteiger partial charge in [0, 0.05) is 12.0 Å². The molecule has 1 rings (SSSR count). The quantitative estimate of drug-likeness (QED) is 0.463. The molecule has 0 bridgehead atoms. The molecule has 0 spiro atoms. The zero-order chi connectivity index (χ0) is 15.7. The van der Waals surface area contributed by atoms with Gasteiger partial charge in [0.1, 0.15) is 5.75 Å². The number of hydrogen-bond acceptors (Lipinski definition) is 6. The van der Waals surface area contributed by atoms with Crippen molar-refractivity contribution in [3.63, 3.8) is 0 Å². The molecule has 0 saturated carbocycles. The molecule has 21 heavy (non-hydrogen) atoms. The summed E-state index contributed by atoms with van der Waals surface area (Å²) in [6.45, 7) is 0.574. The molecule has 6 nitrogen and oxygen atoms in total. The fourth-order valence-electron chi connectivity index (χ4n) is 1.55. The molecule has 0 amide bonds. The van der Waals surface area contributed by atoms with Gasteiger partial charge in [-0.05, 0) is 31.2 Å². The molecule has 1 aromatic carbocycles. The van der Waals surface area contributed by atoms with Gasteiger partial charge in [0.25, 0.3) is 0 Å². The summed E-state index contributed by atoms with van der Waals surface area (Å²) in [5.41, 5.74) is 11.3. The minimum Gasteiger partial charge on any atom is -0.465 e. The van der Waals surface area contributed by atoms with Crippen LogP contribution in [0.3, 0.4) is 0 Å². The Morgan fingerprint density at radius 2 is 2.05 bits per heavy atom. The Bertz CT molecular complexity index is 573. The van der Waals surface area contributed by atoms with Crippen LogP contribution in [0.5, 0.6) is 5.75 Å². The normalized spacial score (nSPS) is 9.48. The van der Waals surface area contributed by atoms with Crippen molar-refractivity contribution >= 4 is 11.9 Å². The summed E-state index contributed by atoms with van der Waals surface area (Å²) < 4.78 is 9.83. The van der Waals surface area contributed by atoms with Crippen molar-refractivity contribution in [2.75, 3.05) is 20.2 Å². The van der Waals surface area contributed by atoms with Crippen LogP contribution in [-0.2, 0) is 9.53 Å². The molecule has 4 N–H and O–H groups in total. The fraction of sp³-hybridized carbons (Fsp3) is 0.333. The van der Waals surface area contributed by atoms with Crippen molar-refractivity contribution < 1.29 is 19.1 Å². The molecule has 0 aliphatic rings. The molecule has 112 valence electrons. The largest absolute Gasteiger partial charge is 0.465 e. The molecule has 0 saturated heterocycles. The van der Waals surface area contributed by atoms with Gasteiger partial charge in [0.05, 0.1) is 19.2 Å². The Morgan fingerprint density at radius 1 is 1.29 bits per heavy atom. The maximum Gasteiger partial charge on any atom is 0.339 e. The number of rotatable bonds is 5. The number of ether oxygens (including phenoxy) is 2. The Hall–Kier alpha value is -2.36. The third kappa shape index (κ3) is 5.26. The third-order valence-electron chi connectivity index (χ3n) is 2.54. The first-order valence-electron chi connectivity index (χ1n) is 6.44. The average Bonchev–Trinajstić information content (AvgIpc) is 2.50. The topological polar surface area (TPSA) is 105 Å². The van der Waals surface area contributed by atoms with Crippen LogP contribution >= 0.6 is 0 Å². The number of nitrogens with two attached hydrogens (primary N) is 2. The highest BCUT2D eigenvalue weighted by Crippen LogP contribution is 2.19. The zero-order valence-electron chi connectivity index (χ0n) is 11.8. The van der Waals surface area contributed by atoms with E-state index in [0.29, 0.717) is 29.8 Å². The standard InChI is InChI=1S/C15H18N2O4/c1-20-15(19)13-7-6-12(10-11(13)4-2-8-16)21-14(18)5-3-9-17/h6-7,10H,3,5,8-9,16-17H2,1H3. The van der Waals surface area contributed by atoms with Crippen molar-refractivity contribution in [2.45, 2.75) is 12.8 Å². The molecular formula is C15H18N2O4. The van der Waals surface area contributed by atoms with Gasteiger partial charge in [-0.3, -0.25) is 4.79 Å². The number of esters is 2. The van der Waals surface area contributed by atoms with Crippen molar-refractivity contribution in [2.24, 2.45) is 11.5 Å². The highest BCUT2D eigenvalue weighted by molar-refractivity contribution is 5.92. The first-order valence-corrected chi connectivity index (χ1v) is 6.44. The van der Waals surface area contributed by atoms with Crippen LogP contribution in [-0.4, -0.2) is 32.1 Å². The van der Waals surface area contributed by atoms with Gasteiger partial charge in [-0.1, -0.05) is 11.8 Å². The highest BCUT2D eigenvalue weighted by atomic mass is 16.5. The summed E-state index contributed by atoms with van der Waals surface area (Å²) in [6, 6.07) is 4.52. The maximum absolute atomic E-state index is 11.6. The number of methoxy groups -OCH3 is 1. The second-order valence-corrected chi connectivity index (χ2v) is 4.07. The molecule has 0 atom stereocenters. The monoisotopic (exact) mass is 290 g/mol. The van der Waals surface area contributed by atoms with E-state index in [9.17, 15) is 9.59 Å². The van der Waals surface area contributed by atoms with Crippen molar-refractivity contribution in [1.29, 1.82) is 0 Å². The van der Waals surface area contributed by atoms with Crippen molar-refractivity contribution in [3.05, 3.63) is 29.3 Å². The minimum absolute atomic E-state index is 0.154. The Labute approximate surface area is 123 Å². The van der Waals surface area contributed by atoms with Crippen LogP contribution < -0.4 is 16.2 Å². The van der Waals surface area contributed by atoms with Gasteiger partial charge in [-0.25, -0.2) is 4.79 Å². The van der Waals surface area contributed by atoms with Crippen LogP contribution in [0.15, 0.2) is 18.2 Å². The summed E-state index contributed by atoms with van der Waals surface area (Å²) in [6.07, 6.45) is 0.790. The van der Waals surface area contributed by atoms with Gasteiger partial charge >= 0.3 is 11.9 Å². The van der Waals surface area contributed by atoms with Crippen LogP contribution in [0.2, 0.25) is 0 Å². The molecule has 0 unspecified atom stereocenters. The summed E-state index contributed by atoms with van der Waals surface area (Å²) in [7, 11) is 1.28. The van der Waals surface area contributed by atoms with E-state index in [1.807, 2.05) is 0 Å². The Balaban J connectivity index is 2.98. The van der Waals surface area contributed by atoms with E-state index in [4.69, 9.17) is 16.2 Å². The van der Waals surface area contributed by atoms with E-state index in [2.05, 4.69) is 16.6 Å². The second kappa shape index (κ2) is 8.74. The van der Waals surface area contributed by atoms with Crippen LogP contribution in [0.1, 0.15) is 28.8 Å². The first-order chi connectivity index (χ1) is 10.1. The van der Waals surface area contributed by atoms with E-state index in [0.717, 1.165) is 0 Å². The van der Waals surface area contributed by atoms with E-state index >= 15 is 0 Å². The molecule has 1 aromatic rings. The zero-order valence-corrected chi connectivity index (χ0v) is 11.8. The number of benzene rings is 1. The molecule has 0 aliphatic carbocycles. The summed E-state index contributed by atoms with van der Waals surface area (Å²) >= 11 is 0. The van der Waals surface area contributed by atoms with E-state index in [1.165, 1.54) is 25.3 Å². The highest BCUT2D eigenvalue weighted by Gasteiger charge is 2.13. The van der Waals surface area contributed by atoms with Gasteiger partial charge in [-0.2, -0.15) is 0 Å². The van der Waals surface area contributed by atoms with E-state index < -0.39 is 5.97 Å². The van der Waals surface area contributed by atoms with Crippen LogP contribution in [0.4, 0.5) is 0 Å². The predicted octanol–water partition coefficient (Wildman–Crippen LogP) is 0.428. The van der Waals surface area contributed by atoms with Gasteiger partial charge in [0.15, 0.2) is 0 Å². The van der Waals surface area contributed by atoms with Gasteiger partial charge < -0.3 is 20.9 Å². The lowest BCUT2D eigenvalue weighted by Gasteiger charge is -2.07. The Kier molecular flexibility index (Phi) is 6.95. The predicted molar refractivity (Wildman–Crippen MR) is 77.6 cm³/mol. The third-order valence-corrected chi connectivity index (χ3v) is 2.54. The molecule has 0 radical (unpaired) electrons.